The summed E-state index contributed by atoms with van der Waals surface area (Å²) in [6.45, 7) is 6.49. The quantitative estimate of drug-likeness (QED) is 0.567. The van der Waals surface area contributed by atoms with Gasteiger partial charge in [-0.05, 0) is 43.5 Å². The van der Waals surface area contributed by atoms with E-state index in [2.05, 4.69) is 30.0 Å². The second kappa shape index (κ2) is 11.0. The van der Waals surface area contributed by atoms with Crippen molar-refractivity contribution >= 4 is 11.9 Å². The van der Waals surface area contributed by atoms with Gasteiger partial charge < -0.3 is 14.5 Å². The van der Waals surface area contributed by atoms with E-state index < -0.39 is 11.9 Å². The zero-order valence-electron chi connectivity index (χ0n) is 16.7. The third-order valence-electron chi connectivity index (χ3n) is 4.10. The van der Waals surface area contributed by atoms with Crippen LogP contribution in [0.5, 0.6) is 5.75 Å². The SMILES string of the molecule is CC(C)CCC[C@@H](C)NC(=O)NNC(=O)c1ccc(COc2ccccc2)o1. The van der Waals surface area contributed by atoms with Crippen molar-refractivity contribution in [3.8, 4) is 5.75 Å². The Hall–Kier alpha value is -2.96. The molecule has 1 atom stereocenters. The average molecular weight is 387 g/mol. The van der Waals surface area contributed by atoms with Gasteiger partial charge in [0.1, 0.15) is 18.1 Å². The van der Waals surface area contributed by atoms with Crippen LogP contribution in [0, 0.1) is 5.92 Å². The van der Waals surface area contributed by atoms with Crippen LogP contribution in [-0.2, 0) is 6.61 Å². The van der Waals surface area contributed by atoms with Gasteiger partial charge in [0, 0.05) is 6.04 Å². The molecule has 0 bridgehead atoms. The van der Waals surface area contributed by atoms with E-state index in [1.165, 1.54) is 6.07 Å². The topological polar surface area (TPSA) is 92.6 Å². The first-order valence-corrected chi connectivity index (χ1v) is 9.57. The number of furan rings is 1. The normalized spacial score (nSPS) is 11.7. The van der Waals surface area contributed by atoms with Crippen molar-refractivity contribution in [2.24, 2.45) is 5.92 Å². The smallest absolute Gasteiger partial charge is 0.333 e. The van der Waals surface area contributed by atoms with Gasteiger partial charge in [-0.25, -0.2) is 10.2 Å². The highest BCUT2D eigenvalue weighted by Crippen LogP contribution is 2.14. The monoisotopic (exact) mass is 387 g/mol. The molecular weight excluding hydrogens is 358 g/mol. The van der Waals surface area contributed by atoms with E-state index in [1.807, 2.05) is 37.3 Å². The molecule has 2 rings (SSSR count). The fourth-order valence-corrected chi connectivity index (χ4v) is 2.59. The number of hydrogen-bond acceptors (Lipinski definition) is 4. The van der Waals surface area contributed by atoms with Crippen molar-refractivity contribution in [2.45, 2.75) is 52.7 Å². The number of para-hydroxylation sites is 1. The Morgan fingerprint density at radius 3 is 2.46 bits per heavy atom. The second-order valence-corrected chi connectivity index (χ2v) is 7.15. The molecule has 0 aliphatic heterocycles. The number of urea groups is 1. The Morgan fingerprint density at radius 2 is 1.75 bits per heavy atom. The minimum absolute atomic E-state index is 0.0287. The summed E-state index contributed by atoms with van der Waals surface area (Å²) in [7, 11) is 0. The summed E-state index contributed by atoms with van der Waals surface area (Å²) in [6.07, 6.45) is 3.06. The van der Waals surface area contributed by atoms with Gasteiger partial charge in [-0.1, -0.05) is 44.9 Å². The predicted molar refractivity (Wildman–Crippen MR) is 107 cm³/mol. The van der Waals surface area contributed by atoms with E-state index in [9.17, 15) is 9.59 Å². The molecule has 152 valence electrons. The number of benzene rings is 1. The summed E-state index contributed by atoms with van der Waals surface area (Å²) < 4.78 is 11.0. The van der Waals surface area contributed by atoms with E-state index in [-0.39, 0.29) is 18.4 Å². The molecule has 0 fully saturated rings. The first-order chi connectivity index (χ1) is 13.4. The second-order valence-electron chi connectivity index (χ2n) is 7.15. The molecule has 0 radical (unpaired) electrons. The Bertz CT molecular complexity index is 743. The van der Waals surface area contributed by atoms with Crippen LogP contribution in [0.25, 0.3) is 0 Å². The molecule has 1 aromatic carbocycles. The summed E-state index contributed by atoms with van der Waals surface area (Å²) >= 11 is 0. The molecule has 0 aliphatic rings. The summed E-state index contributed by atoms with van der Waals surface area (Å²) in [5.41, 5.74) is 4.67. The van der Waals surface area contributed by atoms with Crippen molar-refractivity contribution in [3.63, 3.8) is 0 Å². The lowest BCUT2D eigenvalue weighted by molar-refractivity contribution is 0.0904. The summed E-state index contributed by atoms with van der Waals surface area (Å²) in [5, 5.41) is 2.79. The third-order valence-corrected chi connectivity index (χ3v) is 4.10. The van der Waals surface area contributed by atoms with Gasteiger partial charge >= 0.3 is 11.9 Å². The molecular formula is C21H29N3O4. The molecule has 0 saturated heterocycles. The first kappa shape index (κ1) is 21.3. The van der Waals surface area contributed by atoms with Crippen LogP contribution >= 0.6 is 0 Å². The van der Waals surface area contributed by atoms with Gasteiger partial charge in [0.2, 0.25) is 0 Å². The summed E-state index contributed by atoms with van der Waals surface area (Å²) in [6, 6.07) is 12.1. The molecule has 3 N–H and O–H groups in total. The number of nitrogens with one attached hydrogen (secondary N) is 3. The van der Waals surface area contributed by atoms with Crippen LogP contribution < -0.4 is 20.9 Å². The average Bonchev–Trinajstić information content (AvgIpc) is 3.14. The predicted octanol–water partition coefficient (Wildman–Crippen LogP) is 4.02. The highest BCUT2D eigenvalue weighted by atomic mass is 16.5. The highest BCUT2D eigenvalue weighted by molar-refractivity contribution is 5.92. The van der Waals surface area contributed by atoms with Crippen molar-refractivity contribution in [3.05, 3.63) is 54.0 Å². The van der Waals surface area contributed by atoms with Crippen LogP contribution in [0.2, 0.25) is 0 Å². The van der Waals surface area contributed by atoms with Crippen molar-refractivity contribution in [1.29, 1.82) is 0 Å². The van der Waals surface area contributed by atoms with Crippen LogP contribution in [0.4, 0.5) is 4.79 Å². The molecule has 0 unspecified atom stereocenters. The van der Waals surface area contributed by atoms with Crippen molar-refractivity contribution < 1.29 is 18.7 Å². The van der Waals surface area contributed by atoms with Crippen LogP contribution in [0.15, 0.2) is 46.9 Å². The number of rotatable bonds is 9. The summed E-state index contributed by atoms with van der Waals surface area (Å²) in [4.78, 5) is 23.9. The molecule has 7 heteroatoms. The van der Waals surface area contributed by atoms with Gasteiger partial charge in [-0.3, -0.25) is 10.2 Å². The molecule has 1 heterocycles. The Labute approximate surface area is 165 Å². The molecule has 7 nitrogen and oxygen atoms in total. The minimum Gasteiger partial charge on any atom is -0.486 e. The number of carbonyl (C=O) groups is 2. The molecule has 0 saturated carbocycles. The minimum atomic E-state index is -0.534. The van der Waals surface area contributed by atoms with Gasteiger partial charge in [0.05, 0.1) is 0 Å². The maximum atomic E-state index is 12.1. The van der Waals surface area contributed by atoms with Crippen molar-refractivity contribution in [2.75, 3.05) is 0 Å². The third kappa shape index (κ3) is 7.73. The Kier molecular flexibility index (Phi) is 8.39. The zero-order valence-corrected chi connectivity index (χ0v) is 16.7. The number of carbonyl (C=O) groups excluding carboxylic acids is 2. The number of amides is 3. The molecule has 28 heavy (non-hydrogen) atoms. The molecule has 0 aliphatic carbocycles. The maximum Gasteiger partial charge on any atom is 0.333 e. The first-order valence-electron chi connectivity index (χ1n) is 9.57. The fourth-order valence-electron chi connectivity index (χ4n) is 2.59. The number of ether oxygens (including phenoxy) is 1. The standard InChI is InChI=1S/C21H29N3O4/c1-15(2)8-7-9-16(3)22-21(26)24-23-20(25)19-13-12-18(28-19)14-27-17-10-5-4-6-11-17/h4-6,10-13,15-16H,7-9,14H2,1-3H3,(H,23,25)(H2,22,24,26)/t16-/m1/s1. The molecule has 0 spiro atoms. The molecule has 3 amide bonds. The van der Waals surface area contributed by atoms with Crippen LogP contribution in [0.1, 0.15) is 56.3 Å². The fraction of sp³-hybridized carbons (Fsp3) is 0.429. The maximum absolute atomic E-state index is 12.1. The van der Waals surface area contributed by atoms with Gasteiger partial charge in [0.15, 0.2) is 5.76 Å². The Morgan fingerprint density at radius 1 is 1.00 bits per heavy atom. The van der Waals surface area contributed by atoms with Gasteiger partial charge in [0.25, 0.3) is 0 Å². The largest absolute Gasteiger partial charge is 0.486 e. The summed E-state index contributed by atoms with van der Waals surface area (Å²) in [5.74, 6) is 1.44. The van der Waals surface area contributed by atoms with E-state index in [4.69, 9.17) is 9.15 Å². The lowest BCUT2D eigenvalue weighted by Gasteiger charge is -2.15. The lowest BCUT2D eigenvalue weighted by atomic mass is 10.0. The van der Waals surface area contributed by atoms with Crippen molar-refractivity contribution in [1.82, 2.24) is 16.2 Å². The Balaban J connectivity index is 1.69. The number of hydrogen-bond donors (Lipinski definition) is 3. The molecule has 1 aromatic heterocycles. The van der Waals surface area contributed by atoms with Gasteiger partial charge in [-0.15, -0.1) is 0 Å². The van der Waals surface area contributed by atoms with E-state index in [0.717, 1.165) is 19.3 Å². The van der Waals surface area contributed by atoms with Crippen LogP contribution in [0.3, 0.4) is 0 Å². The highest BCUT2D eigenvalue weighted by Gasteiger charge is 2.13. The number of hydrazine groups is 1. The van der Waals surface area contributed by atoms with E-state index >= 15 is 0 Å². The van der Waals surface area contributed by atoms with E-state index in [0.29, 0.717) is 17.4 Å². The van der Waals surface area contributed by atoms with E-state index in [1.54, 1.807) is 6.07 Å². The molecule has 2 aromatic rings. The van der Waals surface area contributed by atoms with Crippen LogP contribution in [-0.4, -0.2) is 18.0 Å². The van der Waals surface area contributed by atoms with Gasteiger partial charge in [-0.2, -0.15) is 0 Å². The lowest BCUT2D eigenvalue weighted by Crippen LogP contribution is -2.49. The zero-order chi connectivity index (χ0) is 20.4.